The number of aromatic amines is 1. The molecule has 0 saturated carbocycles. The lowest BCUT2D eigenvalue weighted by atomic mass is 9.97. The summed E-state index contributed by atoms with van der Waals surface area (Å²) in [7, 11) is 0. The molecule has 1 aliphatic rings. The number of rotatable bonds is 5. The molecule has 4 rings (SSSR count). The predicted molar refractivity (Wildman–Crippen MR) is 106 cm³/mol. The van der Waals surface area contributed by atoms with Crippen LogP contribution in [-0.2, 0) is 11.3 Å². The normalized spacial score (nSPS) is 17.6. The maximum Gasteiger partial charge on any atom is 0.222 e. The van der Waals surface area contributed by atoms with E-state index in [0.717, 1.165) is 67.1 Å². The first kappa shape index (κ1) is 17.8. The van der Waals surface area contributed by atoms with Crippen molar-refractivity contribution in [2.45, 2.75) is 52.0 Å². The maximum atomic E-state index is 12.7. The Kier molecular flexibility index (Phi) is 4.97. The van der Waals surface area contributed by atoms with Crippen LogP contribution in [0.15, 0.2) is 30.3 Å². The van der Waals surface area contributed by atoms with E-state index in [0.29, 0.717) is 12.3 Å². The Labute approximate surface area is 159 Å². The quantitative estimate of drug-likeness (QED) is 0.752. The molecule has 1 saturated heterocycles. The number of aryl methyl sites for hydroxylation is 3. The van der Waals surface area contributed by atoms with E-state index in [4.69, 9.17) is 4.98 Å². The highest BCUT2D eigenvalue weighted by molar-refractivity contribution is 5.76. The number of carbonyl (C=O) groups is 1. The first-order valence-corrected chi connectivity index (χ1v) is 9.83. The molecule has 6 heteroatoms. The van der Waals surface area contributed by atoms with Crippen molar-refractivity contribution in [2.24, 2.45) is 0 Å². The van der Waals surface area contributed by atoms with Crippen LogP contribution in [0.3, 0.4) is 0 Å². The lowest BCUT2D eigenvalue weighted by molar-refractivity contribution is -0.132. The van der Waals surface area contributed by atoms with Gasteiger partial charge in [0.1, 0.15) is 5.82 Å². The predicted octanol–water partition coefficient (Wildman–Crippen LogP) is 3.56. The fourth-order valence-corrected chi connectivity index (χ4v) is 4.03. The number of hydrogen-bond donors (Lipinski definition) is 1. The van der Waals surface area contributed by atoms with E-state index in [2.05, 4.69) is 29.1 Å². The summed E-state index contributed by atoms with van der Waals surface area (Å²) in [6, 6.07) is 10.2. The van der Waals surface area contributed by atoms with Gasteiger partial charge in [-0.15, -0.1) is 0 Å². The second kappa shape index (κ2) is 7.55. The largest absolute Gasteiger partial charge is 0.342 e. The van der Waals surface area contributed by atoms with E-state index in [9.17, 15) is 4.79 Å². The molecule has 1 unspecified atom stereocenters. The fraction of sp³-hybridized carbons (Fsp3) is 0.476. The van der Waals surface area contributed by atoms with Gasteiger partial charge in [-0.3, -0.25) is 9.48 Å². The van der Waals surface area contributed by atoms with Crippen LogP contribution in [0, 0.1) is 13.8 Å². The summed E-state index contributed by atoms with van der Waals surface area (Å²) >= 11 is 0. The van der Waals surface area contributed by atoms with E-state index < -0.39 is 0 Å². The van der Waals surface area contributed by atoms with Crippen LogP contribution in [-0.4, -0.2) is 43.6 Å². The van der Waals surface area contributed by atoms with Crippen LogP contribution in [0.4, 0.5) is 0 Å². The lowest BCUT2D eigenvalue weighted by Gasteiger charge is -2.32. The molecular formula is C21H27N5O. The third kappa shape index (κ3) is 3.89. The molecule has 1 amide bonds. The van der Waals surface area contributed by atoms with Crippen molar-refractivity contribution in [3.05, 3.63) is 47.5 Å². The van der Waals surface area contributed by atoms with Crippen LogP contribution in [0.5, 0.6) is 0 Å². The highest BCUT2D eigenvalue weighted by Crippen LogP contribution is 2.27. The standard InChI is InChI=1S/C21H27N5O/c1-15-13-16(2)26(24-15)12-6-10-20(27)25-11-5-7-17(14-25)21-22-18-8-3-4-9-19(18)23-21/h3-4,8-9,13,17H,5-7,10-12,14H2,1-2H3,(H,22,23). The zero-order valence-electron chi connectivity index (χ0n) is 16.1. The van der Waals surface area contributed by atoms with Crippen LogP contribution in [0.1, 0.15) is 48.8 Å². The number of nitrogens with zero attached hydrogens (tertiary/aromatic N) is 4. The van der Waals surface area contributed by atoms with E-state index >= 15 is 0 Å². The van der Waals surface area contributed by atoms with Crippen molar-refractivity contribution in [1.82, 2.24) is 24.6 Å². The van der Waals surface area contributed by atoms with Gasteiger partial charge >= 0.3 is 0 Å². The van der Waals surface area contributed by atoms with Gasteiger partial charge in [0, 0.05) is 37.7 Å². The van der Waals surface area contributed by atoms with Crippen molar-refractivity contribution in [3.63, 3.8) is 0 Å². The highest BCUT2D eigenvalue weighted by Gasteiger charge is 2.26. The lowest BCUT2D eigenvalue weighted by Crippen LogP contribution is -2.39. The first-order valence-electron chi connectivity index (χ1n) is 9.83. The Morgan fingerprint density at radius 3 is 2.93 bits per heavy atom. The summed E-state index contributed by atoms with van der Waals surface area (Å²) in [6.07, 6.45) is 3.51. The van der Waals surface area contributed by atoms with E-state index in [1.54, 1.807) is 0 Å². The number of piperidine rings is 1. The van der Waals surface area contributed by atoms with Gasteiger partial charge < -0.3 is 9.88 Å². The van der Waals surface area contributed by atoms with E-state index in [1.807, 2.05) is 34.7 Å². The summed E-state index contributed by atoms with van der Waals surface area (Å²) < 4.78 is 2.00. The summed E-state index contributed by atoms with van der Waals surface area (Å²) in [5.41, 5.74) is 4.26. The number of nitrogens with one attached hydrogen (secondary N) is 1. The van der Waals surface area contributed by atoms with Crippen molar-refractivity contribution < 1.29 is 4.79 Å². The summed E-state index contributed by atoms with van der Waals surface area (Å²) in [5.74, 6) is 1.56. The molecule has 0 spiro atoms. The molecule has 6 nitrogen and oxygen atoms in total. The molecular weight excluding hydrogens is 338 g/mol. The molecule has 1 aliphatic heterocycles. The van der Waals surface area contributed by atoms with E-state index in [1.165, 1.54) is 0 Å². The SMILES string of the molecule is Cc1cc(C)n(CCCC(=O)N2CCCC(c3nc4ccccc4[nH]3)C2)n1. The van der Waals surface area contributed by atoms with Crippen LogP contribution >= 0.6 is 0 Å². The smallest absolute Gasteiger partial charge is 0.222 e. The number of likely N-dealkylation sites (tertiary alicyclic amines) is 1. The van der Waals surface area contributed by atoms with Gasteiger partial charge in [-0.25, -0.2) is 4.98 Å². The van der Waals surface area contributed by atoms with Crippen LogP contribution in [0.25, 0.3) is 11.0 Å². The third-order valence-corrected chi connectivity index (χ3v) is 5.43. The molecule has 3 heterocycles. The second-order valence-electron chi connectivity index (χ2n) is 7.57. The van der Waals surface area contributed by atoms with Gasteiger partial charge in [0.15, 0.2) is 0 Å². The monoisotopic (exact) mass is 365 g/mol. The van der Waals surface area contributed by atoms with Crippen molar-refractivity contribution in [2.75, 3.05) is 13.1 Å². The van der Waals surface area contributed by atoms with Gasteiger partial charge in [-0.05, 0) is 51.3 Å². The molecule has 2 aromatic heterocycles. The zero-order chi connectivity index (χ0) is 18.8. The minimum absolute atomic E-state index is 0.248. The number of para-hydroxylation sites is 2. The zero-order valence-corrected chi connectivity index (χ0v) is 16.1. The van der Waals surface area contributed by atoms with Gasteiger partial charge in [0.05, 0.1) is 16.7 Å². The Hall–Kier alpha value is -2.63. The average Bonchev–Trinajstić information content (AvgIpc) is 3.24. The number of hydrogen-bond acceptors (Lipinski definition) is 3. The summed E-state index contributed by atoms with van der Waals surface area (Å²) in [6.45, 7) is 6.48. The first-order chi connectivity index (χ1) is 13.1. The third-order valence-electron chi connectivity index (χ3n) is 5.43. The second-order valence-corrected chi connectivity index (χ2v) is 7.57. The minimum atomic E-state index is 0.248. The van der Waals surface area contributed by atoms with E-state index in [-0.39, 0.29) is 5.91 Å². The van der Waals surface area contributed by atoms with Gasteiger partial charge in [0.2, 0.25) is 5.91 Å². The fourth-order valence-electron chi connectivity index (χ4n) is 4.03. The molecule has 3 aromatic rings. The molecule has 0 bridgehead atoms. The summed E-state index contributed by atoms with van der Waals surface area (Å²) in [4.78, 5) is 22.9. The van der Waals surface area contributed by atoms with Gasteiger partial charge in [-0.2, -0.15) is 5.10 Å². The van der Waals surface area contributed by atoms with Crippen LogP contribution in [0.2, 0.25) is 0 Å². The molecule has 1 fully saturated rings. The topological polar surface area (TPSA) is 66.8 Å². The molecule has 0 aliphatic carbocycles. The number of amides is 1. The Balaban J connectivity index is 1.34. The Morgan fingerprint density at radius 2 is 2.15 bits per heavy atom. The number of fused-ring (bicyclic) bond motifs is 1. The average molecular weight is 365 g/mol. The molecule has 0 radical (unpaired) electrons. The highest BCUT2D eigenvalue weighted by atomic mass is 16.2. The minimum Gasteiger partial charge on any atom is -0.342 e. The van der Waals surface area contributed by atoms with Gasteiger partial charge in [-0.1, -0.05) is 12.1 Å². The number of imidazole rings is 1. The molecule has 1 atom stereocenters. The molecule has 27 heavy (non-hydrogen) atoms. The number of carbonyl (C=O) groups excluding carboxylic acids is 1. The Bertz CT molecular complexity index is 908. The number of aromatic nitrogens is 4. The number of benzene rings is 1. The van der Waals surface area contributed by atoms with Crippen LogP contribution < -0.4 is 0 Å². The summed E-state index contributed by atoms with van der Waals surface area (Å²) in [5, 5.41) is 4.47. The Morgan fingerprint density at radius 1 is 1.30 bits per heavy atom. The molecule has 142 valence electrons. The van der Waals surface area contributed by atoms with Crippen molar-refractivity contribution in [3.8, 4) is 0 Å². The molecule has 1 aromatic carbocycles. The van der Waals surface area contributed by atoms with Crippen molar-refractivity contribution in [1.29, 1.82) is 0 Å². The maximum absolute atomic E-state index is 12.7. The molecule has 1 N–H and O–H groups in total. The number of H-pyrrole nitrogens is 1. The van der Waals surface area contributed by atoms with Crippen molar-refractivity contribution >= 4 is 16.9 Å². The van der Waals surface area contributed by atoms with Gasteiger partial charge in [0.25, 0.3) is 0 Å².